The Labute approximate surface area is 182 Å². The van der Waals surface area contributed by atoms with E-state index in [9.17, 15) is 12.8 Å². The molecule has 3 rings (SSSR count). The second-order valence-electron chi connectivity index (χ2n) is 7.68. The number of rotatable bonds is 9. The normalized spacial score (nSPS) is 18.8. The summed E-state index contributed by atoms with van der Waals surface area (Å²) < 4.78 is 45.2. The predicted molar refractivity (Wildman–Crippen MR) is 118 cm³/mol. The van der Waals surface area contributed by atoms with E-state index in [1.54, 1.807) is 12.1 Å². The minimum atomic E-state index is -3.24. The van der Waals surface area contributed by atoms with Gasteiger partial charge in [-0.1, -0.05) is 30.7 Å². The van der Waals surface area contributed by atoms with Gasteiger partial charge in [-0.05, 0) is 66.6 Å². The molecule has 2 aromatic carbocycles. The number of hydrogen-bond acceptors (Lipinski definition) is 4. The minimum Gasteiger partial charge on any atom is -0.492 e. The zero-order chi connectivity index (χ0) is 21.7. The lowest BCUT2D eigenvalue weighted by atomic mass is 9.76. The molecule has 8 heteroatoms. The van der Waals surface area contributed by atoms with Crippen molar-refractivity contribution in [1.82, 2.24) is 4.72 Å². The molecule has 0 radical (unpaired) electrons. The SMILES string of the molecule is CCCS(=O)(=O)NCCOc1ccc2c(c1)C(Cc1ccc(F)c(Cl)c1)C(N)CC2. The summed E-state index contributed by atoms with van der Waals surface area (Å²) in [6, 6.07) is 10.7. The Morgan fingerprint density at radius 3 is 2.80 bits per heavy atom. The first-order valence-electron chi connectivity index (χ1n) is 10.2. The molecule has 0 fully saturated rings. The van der Waals surface area contributed by atoms with Gasteiger partial charge in [0.15, 0.2) is 0 Å². The Morgan fingerprint density at radius 1 is 1.27 bits per heavy atom. The van der Waals surface area contributed by atoms with Crippen LogP contribution in [0.3, 0.4) is 0 Å². The van der Waals surface area contributed by atoms with E-state index in [0.717, 1.165) is 24.0 Å². The van der Waals surface area contributed by atoms with Crippen LogP contribution in [0, 0.1) is 5.82 Å². The average Bonchev–Trinajstić information content (AvgIpc) is 2.70. The van der Waals surface area contributed by atoms with Crippen molar-refractivity contribution in [3.05, 3.63) is 63.9 Å². The second-order valence-corrected chi connectivity index (χ2v) is 10.0. The van der Waals surface area contributed by atoms with Crippen LogP contribution in [0.4, 0.5) is 4.39 Å². The van der Waals surface area contributed by atoms with Crippen LogP contribution in [0.15, 0.2) is 36.4 Å². The summed E-state index contributed by atoms with van der Waals surface area (Å²) in [6.07, 6.45) is 3.01. The molecule has 2 atom stereocenters. The summed E-state index contributed by atoms with van der Waals surface area (Å²) in [6.45, 7) is 2.28. The van der Waals surface area contributed by atoms with Crippen molar-refractivity contribution in [3.8, 4) is 5.75 Å². The fourth-order valence-electron chi connectivity index (χ4n) is 3.88. The summed E-state index contributed by atoms with van der Waals surface area (Å²) in [7, 11) is -3.24. The molecule has 164 valence electrons. The van der Waals surface area contributed by atoms with Crippen LogP contribution >= 0.6 is 11.6 Å². The minimum absolute atomic E-state index is 0.0163. The maximum atomic E-state index is 13.5. The predicted octanol–water partition coefficient (Wildman–Crippen LogP) is 3.79. The van der Waals surface area contributed by atoms with Crippen LogP contribution in [0.1, 0.15) is 42.4 Å². The number of ether oxygens (including phenoxy) is 1. The molecule has 0 aliphatic heterocycles. The van der Waals surface area contributed by atoms with Gasteiger partial charge in [0.1, 0.15) is 18.2 Å². The molecule has 2 unspecified atom stereocenters. The maximum Gasteiger partial charge on any atom is 0.211 e. The summed E-state index contributed by atoms with van der Waals surface area (Å²) in [5.41, 5.74) is 9.72. The lowest BCUT2D eigenvalue weighted by Crippen LogP contribution is -2.34. The first-order chi connectivity index (χ1) is 14.3. The molecule has 0 amide bonds. The van der Waals surface area contributed by atoms with Crippen molar-refractivity contribution < 1.29 is 17.5 Å². The Balaban J connectivity index is 1.69. The topological polar surface area (TPSA) is 81.4 Å². The number of nitrogens with one attached hydrogen (secondary N) is 1. The molecule has 0 aromatic heterocycles. The largest absolute Gasteiger partial charge is 0.492 e. The van der Waals surface area contributed by atoms with E-state index in [2.05, 4.69) is 4.72 Å². The highest BCUT2D eigenvalue weighted by Gasteiger charge is 2.28. The smallest absolute Gasteiger partial charge is 0.211 e. The van der Waals surface area contributed by atoms with Gasteiger partial charge >= 0.3 is 0 Å². The number of hydrogen-bond donors (Lipinski definition) is 2. The maximum absolute atomic E-state index is 13.5. The van der Waals surface area contributed by atoms with Crippen LogP contribution in [0.5, 0.6) is 5.75 Å². The highest BCUT2D eigenvalue weighted by Crippen LogP contribution is 2.36. The molecule has 3 N–H and O–H groups in total. The highest BCUT2D eigenvalue weighted by molar-refractivity contribution is 7.89. The summed E-state index contributed by atoms with van der Waals surface area (Å²) in [5, 5.41) is 0.111. The van der Waals surface area contributed by atoms with Crippen LogP contribution < -0.4 is 15.2 Å². The number of fused-ring (bicyclic) bond motifs is 1. The fourth-order valence-corrected chi connectivity index (χ4v) is 5.16. The molecular formula is C22H28ClFN2O3S. The monoisotopic (exact) mass is 454 g/mol. The van der Waals surface area contributed by atoms with Gasteiger partial charge in [0, 0.05) is 18.5 Å². The molecule has 1 aliphatic rings. The lowest BCUT2D eigenvalue weighted by molar-refractivity contribution is 0.321. The third-order valence-electron chi connectivity index (χ3n) is 5.39. The third-order valence-corrected chi connectivity index (χ3v) is 7.27. The first kappa shape index (κ1) is 23.0. The van der Waals surface area contributed by atoms with E-state index >= 15 is 0 Å². The van der Waals surface area contributed by atoms with E-state index < -0.39 is 15.8 Å². The third kappa shape index (κ3) is 5.94. The average molecular weight is 455 g/mol. The molecule has 5 nitrogen and oxygen atoms in total. The van der Waals surface area contributed by atoms with E-state index in [-0.39, 0.29) is 35.9 Å². The van der Waals surface area contributed by atoms with Crippen LogP contribution in [-0.4, -0.2) is 33.4 Å². The zero-order valence-corrected chi connectivity index (χ0v) is 18.6. The van der Waals surface area contributed by atoms with Gasteiger partial charge in [0.25, 0.3) is 0 Å². The molecule has 1 aliphatic carbocycles. The summed E-state index contributed by atoms with van der Waals surface area (Å²) in [5.74, 6) is 0.430. The second kappa shape index (κ2) is 10.1. The van der Waals surface area contributed by atoms with Crippen molar-refractivity contribution >= 4 is 21.6 Å². The number of aryl methyl sites for hydroxylation is 1. The lowest BCUT2D eigenvalue weighted by Gasteiger charge is -2.32. The Bertz CT molecular complexity index is 984. The van der Waals surface area contributed by atoms with Gasteiger partial charge in [-0.25, -0.2) is 17.5 Å². The van der Waals surface area contributed by atoms with Crippen LogP contribution in [0.25, 0.3) is 0 Å². The van der Waals surface area contributed by atoms with Crippen molar-refractivity contribution in [2.24, 2.45) is 5.73 Å². The summed E-state index contributed by atoms with van der Waals surface area (Å²) >= 11 is 5.94. The Kier molecular flexibility index (Phi) is 7.74. The van der Waals surface area contributed by atoms with Crippen LogP contribution in [-0.2, 0) is 22.9 Å². The standard InChI is InChI=1S/C22H28ClFN2O3S/c1-2-11-30(27,28)26-9-10-29-17-6-4-16-5-8-22(25)19(18(16)14-17)12-15-3-7-21(24)20(23)13-15/h3-4,6-7,13-14,19,22,26H,2,5,8-12,25H2,1H3. The van der Waals surface area contributed by atoms with Crippen molar-refractivity contribution in [2.45, 2.75) is 44.6 Å². The molecule has 0 bridgehead atoms. The number of nitrogens with two attached hydrogens (primary N) is 1. The van der Waals surface area contributed by atoms with Gasteiger partial charge in [-0.3, -0.25) is 0 Å². The van der Waals surface area contributed by atoms with Gasteiger partial charge in [0.2, 0.25) is 10.0 Å². The molecular weight excluding hydrogens is 427 g/mol. The van der Waals surface area contributed by atoms with E-state index in [0.29, 0.717) is 18.6 Å². The molecule has 2 aromatic rings. The van der Waals surface area contributed by atoms with E-state index in [1.807, 2.05) is 25.1 Å². The van der Waals surface area contributed by atoms with E-state index in [4.69, 9.17) is 22.1 Å². The highest BCUT2D eigenvalue weighted by atomic mass is 35.5. The van der Waals surface area contributed by atoms with Crippen molar-refractivity contribution in [1.29, 1.82) is 0 Å². The van der Waals surface area contributed by atoms with Gasteiger partial charge in [-0.2, -0.15) is 0 Å². The molecule has 0 spiro atoms. The quantitative estimate of drug-likeness (QED) is 0.565. The van der Waals surface area contributed by atoms with Crippen molar-refractivity contribution in [3.63, 3.8) is 0 Å². The molecule has 0 saturated heterocycles. The molecule has 0 heterocycles. The van der Waals surface area contributed by atoms with Gasteiger partial charge in [-0.15, -0.1) is 0 Å². The van der Waals surface area contributed by atoms with E-state index in [1.165, 1.54) is 11.6 Å². The number of benzene rings is 2. The zero-order valence-electron chi connectivity index (χ0n) is 17.0. The number of halogens is 2. The molecule has 30 heavy (non-hydrogen) atoms. The van der Waals surface area contributed by atoms with Gasteiger partial charge in [0.05, 0.1) is 10.8 Å². The van der Waals surface area contributed by atoms with Gasteiger partial charge < -0.3 is 10.5 Å². The first-order valence-corrected chi connectivity index (χ1v) is 12.2. The van der Waals surface area contributed by atoms with Crippen molar-refractivity contribution in [2.75, 3.05) is 18.9 Å². The fraction of sp³-hybridized carbons (Fsp3) is 0.455. The summed E-state index contributed by atoms with van der Waals surface area (Å²) in [4.78, 5) is 0. The Hall–Kier alpha value is -1.67. The molecule has 0 saturated carbocycles. The number of sulfonamides is 1. The Morgan fingerprint density at radius 2 is 2.07 bits per heavy atom. The van der Waals surface area contributed by atoms with Crippen LogP contribution in [0.2, 0.25) is 5.02 Å².